The molecule has 0 saturated carbocycles. The van der Waals surface area contributed by atoms with Crippen molar-refractivity contribution in [2.24, 2.45) is 0 Å². The van der Waals surface area contributed by atoms with Crippen LogP contribution in [0.25, 0.3) is 0 Å². The highest BCUT2D eigenvalue weighted by Gasteiger charge is 2.33. The number of aliphatic hydroxyl groups is 1. The van der Waals surface area contributed by atoms with Gasteiger partial charge in [0.2, 0.25) is 5.89 Å². The zero-order valence-corrected chi connectivity index (χ0v) is 13.2. The zero-order chi connectivity index (χ0) is 15.7. The Balaban J connectivity index is 1.82. The monoisotopic (exact) mass is 302 g/mol. The molecule has 1 saturated heterocycles. The van der Waals surface area contributed by atoms with E-state index in [4.69, 9.17) is 9.15 Å². The Morgan fingerprint density at radius 1 is 1.41 bits per heavy atom. The molecule has 1 aromatic carbocycles. The number of oxazole rings is 1. The van der Waals surface area contributed by atoms with Gasteiger partial charge in [0.1, 0.15) is 11.5 Å². The van der Waals surface area contributed by atoms with Crippen LogP contribution in [-0.2, 0) is 6.54 Å². The predicted molar refractivity (Wildman–Crippen MR) is 82.7 cm³/mol. The molecule has 5 heteroatoms. The Morgan fingerprint density at radius 3 is 2.91 bits per heavy atom. The van der Waals surface area contributed by atoms with Gasteiger partial charge in [0, 0.05) is 12.6 Å². The molecule has 1 aromatic heterocycles. The Labute approximate surface area is 130 Å². The van der Waals surface area contributed by atoms with Gasteiger partial charge < -0.3 is 14.3 Å². The van der Waals surface area contributed by atoms with Gasteiger partial charge >= 0.3 is 0 Å². The molecule has 3 rings (SSSR count). The second-order valence-electron chi connectivity index (χ2n) is 5.86. The van der Waals surface area contributed by atoms with Crippen LogP contribution in [-0.4, -0.2) is 34.7 Å². The van der Waals surface area contributed by atoms with Gasteiger partial charge in [-0.1, -0.05) is 12.1 Å². The fourth-order valence-corrected chi connectivity index (χ4v) is 3.03. The number of hydrogen-bond donors (Lipinski definition) is 1. The molecule has 0 aliphatic carbocycles. The largest absolute Gasteiger partial charge is 0.497 e. The molecule has 1 aliphatic rings. The van der Waals surface area contributed by atoms with Gasteiger partial charge in [-0.05, 0) is 38.0 Å². The van der Waals surface area contributed by atoms with Crippen LogP contribution in [0, 0.1) is 13.8 Å². The normalized spacial score (nSPS) is 22.2. The van der Waals surface area contributed by atoms with Crippen LogP contribution in [0.1, 0.15) is 35.4 Å². The maximum Gasteiger partial charge on any atom is 0.208 e. The predicted octanol–water partition coefficient (Wildman–Crippen LogP) is 2.61. The second-order valence-corrected chi connectivity index (χ2v) is 5.86. The maximum atomic E-state index is 10.1. The summed E-state index contributed by atoms with van der Waals surface area (Å²) >= 11 is 0. The van der Waals surface area contributed by atoms with Crippen LogP contribution in [0.3, 0.4) is 0 Å². The van der Waals surface area contributed by atoms with Crippen molar-refractivity contribution in [3.63, 3.8) is 0 Å². The second kappa shape index (κ2) is 6.10. The maximum absolute atomic E-state index is 10.1. The lowest BCUT2D eigenvalue weighted by molar-refractivity contribution is 0.167. The minimum Gasteiger partial charge on any atom is -0.497 e. The smallest absolute Gasteiger partial charge is 0.208 e. The molecule has 2 heterocycles. The van der Waals surface area contributed by atoms with E-state index in [1.165, 1.54) is 0 Å². The molecular weight excluding hydrogens is 280 g/mol. The number of aryl methyl sites for hydroxylation is 2. The van der Waals surface area contributed by atoms with E-state index < -0.39 is 0 Å². The summed E-state index contributed by atoms with van der Waals surface area (Å²) in [6, 6.07) is 8.17. The topological polar surface area (TPSA) is 58.7 Å². The molecular formula is C17H22N2O3. The Kier molecular flexibility index (Phi) is 4.18. The average Bonchev–Trinajstić information content (AvgIpc) is 3.02. The molecule has 22 heavy (non-hydrogen) atoms. The number of rotatable bonds is 4. The fraction of sp³-hybridized carbons (Fsp3) is 0.471. The quantitative estimate of drug-likeness (QED) is 0.941. The highest BCUT2D eigenvalue weighted by molar-refractivity contribution is 5.31. The molecule has 2 unspecified atom stereocenters. The third kappa shape index (κ3) is 3.00. The SMILES string of the molecule is COc1cccc(C2CC(O)CN2Cc2nc(C)c(C)o2)c1. The van der Waals surface area contributed by atoms with E-state index in [0.29, 0.717) is 25.4 Å². The first-order valence-corrected chi connectivity index (χ1v) is 7.56. The van der Waals surface area contributed by atoms with Crippen LogP contribution in [0.4, 0.5) is 0 Å². The summed E-state index contributed by atoms with van der Waals surface area (Å²) in [5.74, 6) is 2.39. The number of ether oxygens (including phenoxy) is 1. The highest BCUT2D eigenvalue weighted by Crippen LogP contribution is 2.34. The summed E-state index contributed by atoms with van der Waals surface area (Å²) in [5, 5.41) is 10.1. The van der Waals surface area contributed by atoms with Crippen molar-refractivity contribution in [3.05, 3.63) is 47.2 Å². The first-order chi connectivity index (χ1) is 10.6. The van der Waals surface area contributed by atoms with Crippen LogP contribution in [0.15, 0.2) is 28.7 Å². The third-order valence-corrected chi connectivity index (χ3v) is 4.27. The summed E-state index contributed by atoms with van der Waals surface area (Å²) in [4.78, 5) is 6.66. The lowest BCUT2D eigenvalue weighted by Gasteiger charge is -2.23. The third-order valence-electron chi connectivity index (χ3n) is 4.27. The molecule has 0 bridgehead atoms. The van der Waals surface area contributed by atoms with Gasteiger partial charge in [-0.3, -0.25) is 4.90 Å². The van der Waals surface area contributed by atoms with E-state index >= 15 is 0 Å². The molecule has 2 aromatic rings. The van der Waals surface area contributed by atoms with E-state index in [2.05, 4.69) is 16.0 Å². The lowest BCUT2D eigenvalue weighted by atomic mass is 10.0. The molecule has 5 nitrogen and oxygen atoms in total. The van der Waals surface area contributed by atoms with E-state index in [0.717, 1.165) is 22.8 Å². The van der Waals surface area contributed by atoms with Gasteiger partial charge in [0.25, 0.3) is 0 Å². The summed E-state index contributed by atoms with van der Waals surface area (Å²) in [6.07, 6.45) is 0.389. The molecule has 0 amide bonds. The molecule has 0 spiro atoms. The Morgan fingerprint density at radius 2 is 2.23 bits per heavy atom. The van der Waals surface area contributed by atoms with Crippen LogP contribution in [0.5, 0.6) is 5.75 Å². The van der Waals surface area contributed by atoms with Crippen molar-refractivity contribution in [1.29, 1.82) is 0 Å². The number of methoxy groups -OCH3 is 1. The van der Waals surface area contributed by atoms with Crippen molar-refractivity contribution in [2.45, 2.75) is 39.0 Å². The number of likely N-dealkylation sites (tertiary alicyclic amines) is 1. The Bertz CT molecular complexity index is 634. The number of hydrogen-bond acceptors (Lipinski definition) is 5. The van der Waals surface area contributed by atoms with Crippen molar-refractivity contribution in [1.82, 2.24) is 9.88 Å². The summed E-state index contributed by atoms with van der Waals surface area (Å²) < 4.78 is 11.0. The zero-order valence-electron chi connectivity index (χ0n) is 13.2. The van der Waals surface area contributed by atoms with Gasteiger partial charge in [-0.25, -0.2) is 4.98 Å². The van der Waals surface area contributed by atoms with E-state index in [-0.39, 0.29) is 12.1 Å². The number of nitrogens with zero attached hydrogens (tertiary/aromatic N) is 2. The van der Waals surface area contributed by atoms with Crippen molar-refractivity contribution < 1.29 is 14.3 Å². The molecule has 1 N–H and O–H groups in total. The molecule has 1 fully saturated rings. The minimum absolute atomic E-state index is 0.151. The standard InChI is InChI=1S/C17H22N2O3/c1-11-12(2)22-17(18-11)10-19-9-14(20)8-16(19)13-5-4-6-15(7-13)21-3/h4-7,14,16,20H,8-10H2,1-3H3. The van der Waals surface area contributed by atoms with Gasteiger partial charge in [0.05, 0.1) is 25.5 Å². The first-order valence-electron chi connectivity index (χ1n) is 7.56. The van der Waals surface area contributed by atoms with E-state index in [9.17, 15) is 5.11 Å². The van der Waals surface area contributed by atoms with E-state index in [1.54, 1.807) is 7.11 Å². The van der Waals surface area contributed by atoms with Crippen molar-refractivity contribution in [2.75, 3.05) is 13.7 Å². The molecule has 0 radical (unpaired) electrons. The van der Waals surface area contributed by atoms with Crippen LogP contribution in [0.2, 0.25) is 0 Å². The summed E-state index contributed by atoms with van der Waals surface area (Å²) in [6.45, 7) is 5.10. The van der Waals surface area contributed by atoms with Gasteiger partial charge in [0.15, 0.2) is 0 Å². The van der Waals surface area contributed by atoms with Gasteiger partial charge in [-0.15, -0.1) is 0 Å². The van der Waals surface area contributed by atoms with E-state index in [1.807, 2.05) is 32.0 Å². The number of benzene rings is 1. The summed E-state index contributed by atoms with van der Waals surface area (Å²) in [7, 11) is 1.67. The summed E-state index contributed by atoms with van der Waals surface area (Å²) in [5.41, 5.74) is 2.07. The van der Waals surface area contributed by atoms with Crippen LogP contribution >= 0.6 is 0 Å². The number of aromatic nitrogens is 1. The van der Waals surface area contributed by atoms with Crippen molar-refractivity contribution in [3.8, 4) is 5.75 Å². The fourth-order valence-electron chi connectivity index (χ4n) is 3.03. The number of β-amino-alcohol motifs (C(OH)–C–C–N with tert-alkyl or cyclic N) is 1. The van der Waals surface area contributed by atoms with Crippen molar-refractivity contribution >= 4 is 0 Å². The Hall–Kier alpha value is -1.85. The number of aliphatic hydroxyl groups excluding tert-OH is 1. The average molecular weight is 302 g/mol. The minimum atomic E-state index is -0.326. The molecule has 2 atom stereocenters. The molecule has 118 valence electrons. The molecule has 1 aliphatic heterocycles. The van der Waals surface area contributed by atoms with Crippen LogP contribution < -0.4 is 4.74 Å². The lowest BCUT2D eigenvalue weighted by Crippen LogP contribution is -2.24. The first kappa shape index (κ1) is 15.1. The van der Waals surface area contributed by atoms with Gasteiger partial charge in [-0.2, -0.15) is 0 Å². The highest BCUT2D eigenvalue weighted by atomic mass is 16.5.